The van der Waals surface area contributed by atoms with Gasteiger partial charge in [0.2, 0.25) is 5.69 Å². The molecule has 13 heteroatoms. The van der Waals surface area contributed by atoms with E-state index in [9.17, 15) is 23.6 Å². The first kappa shape index (κ1) is 24.6. The van der Waals surface area contributed by atoms with E-state index in [1.807, 2.05) is 6.07 Å². The first-order valence-electron chi connectivity index (χ1n) is 11.2. The van der Waals surface area contributed by atoms with Crippen molar-refractivity contribution in [3.63, 3.8) is 0 Å². The Hall–Kier alpha value is -4.11. The maximum Gasteiger partial charge on any atom is 0.335 e. The molecule has 190 valence electrons. The van der Waals surface area contributed by atoms with Crippen molar-refractivity contribution < 1.29 is 22.6 Å². The van der Waals surface area contributed by atoms with E-state index in [0.29, 0.717) is 27.3 Å². The number of methoxy groups -OCH3 is 1. The summed E-state index contributed by atoms with van der Waals surface area (Å²) in [6.07, 6.45) is 7.60. The first-order chi connectivity index (χ1) is 17.8. The summed E-state index contributed by atoms with van der Waals surface area (Å²) < 4.78 is 49.7. The number of ether oxygens (including phenoxy) is 1. The minimum absolute atomic E-state index is 0.0117. The molecule has 3 aromatic heterocycles. The monoisotopic (exact) mass is 529 g/mol. The van der Waals surface area contributed by atoms with Gasteiger partial charge < -0.3 is 9.94 Å². The molecular formula is C24H19ClF3N7O2. The number of pyridine rings is 1. The Morgan fingerprint density at radius 1 is 1.32 bits per heavy atom. The van der Waals surface area contributed by atoms with Crippen molar-refractivity contribution in [2.45, 2.75) is 31.9 Å². The van der Waals surface area contributed by atoms with Gasteiger partial charge in [-0.05, 0) is 24.5 Å². The molecule has 5 rings (SSSR count). The van der Waals surface area contributed by atoms with Crippen molar-refractivity contribution in [1.82, 2.24) is 24.5 Å². The SMILES string of the molecule is COc1cc([C@H](CC2CC2)n2cc(-c3ncnn3C(F)F)cn2)[n+]([O-])cc1-c1c(C#N)ccc(Cl)c1F. The van der Waals surface area contributed by atoms with E-state index in [1.165, 1.54) is 42.4 Å². The third-order valence-electron chi connectivity index (χ3n) is 6.28. The smallest absolute Gasteiger partial charge is 0.335 e. The average Bonchev–Trinajstić information content (AvgIpc) is 3.35. The Kier molecular flexibility index (Phi) is 6.47. The molecule has 1 aliphatic carbocycles. The number of benzene rings is 1. The summed E-state index contributed by atoms with van der Waals surface area (Å²) in [5.74, 6) is -0.398. The van der Waals surface area contributed by atoms with Crippen molar-refractivity contribution in [2.24, 2.45) is 5.92 Å². The predicted molar refractivity (Wildman–Crippen MR) is 125 cm³/mol. The molecule has 3 heterocycles. The van der Waals surface area contributed by atoms with Gasteiger partial charge in [-0.2, -0.15) is 33.7 Å². The van der Waals surface area contributed by atoms with Crippen LogP contribution in [-0.4, -0.2) is 31.7 Å². The first-order valence-corrected chi connectivity index (χ1v) is 11.6. The molecule has 0 saturated heterocycles. The molecule has 1 aromatic carbocycles. The van der Waals surface area contributed by atoms with Gasteiger partial charge in [-0.15, -0.1) is 0 Å². The van der Waals surface area contributed by atoms with E-state index < -0.39 is 18.4 Å². The number of halogens is 4. The van der Waals surface area contributed by atoms with Crippen LogP contribution in [0.3, 0.4) is 0 Å². The Morgan fingerprint density at radius 2 is 2.11 bits per heavy atom. The summed E-state index contributed by atoms with van der Waals surface area (Å²) in [5.41, 5.74) is 0.462. The molecule has 0 bridgehead atoms. The zero-order valence-electron chi connectivity index (χ0n) is 19.4. The van der Waals surface area contributed by atoms with Crippen LogP contribution in [0.15, 0.2) is 43.1 Å². The summed E-state index contributed by atoms with van der Waals surface area (Å²) >= 11 is 5.95. The molecule has 0 radical (unpaired) electrons. The Balaban J connectivity index is 1.61. The van der Waals surface area contributed by atoms with Crippen LogP contribution < -0.4 is 9.47 Å². The van der Waals surface area contributed by atoms with Crippen molar-refractivity contribution in [2.75, 3.05) is 7.11 Å². The highest BCUT2D eigenvalue weighted by Crippen LogP contribution is 2.41. The molecule has 9 nitrogen and oxygen atoms in total. The van der Waals surface area contributed by atoms with Crippen molar-refractivity contribution in [1.29, 1.82) is 5.26 Å². The van der Waals surface area contributed by atoms with Gasteiger partial charge >= 0.3 is 6.55 Å². The number of rotatable bonds is 8. The number of nitriles is 1. The fourth-order valence-corrected chi connectivity index (χ4v) is 4.45. The van der Waals surface area contributed by atoms with Gasteiger partial charge in [0.25, 0.3) is 0 Å². The summed E-state index contributed by atoms with van der Waals surface area (Å²) in [6.45, 7) is -2.88. The summed E-state index contributed by atoms with van der Waals surface area (Å²) in [4.78, 5) is 3.91. The third kappa shape index (κ3) is 4.58. The fourth-order valence-electron chi connectivity index (χ4n) is 4.30. The number of nitrogens with zero attached hydrogens (tertiary/aromatic N) is 7. The lowest BCUT2D eigenvalue weighted by molar-refractivity contribution is -0.615. The molecule has 1 fully saturated rings. The summed E-state index contributed by atoms with van der Waals surface area (Å²) in [5, 5.41) is 30.5. The molecule has 37 heavy (non-hydrogen) atoms. The second kappa shape index (κ2) is 9.74. The highest BCUT2D eigenvalue weighted by atomic mass is 35.5. The molecule has 1 aliphatic rings. The van der Waals surface area contributed by atoms with E-state index in [4.69, 9.17) is 16.3 Å². The molecule has 0 unspecified atom stereocenters. The topological polar surface area (TPSA) is 108 Å². The predicted octanol–water partition coefficient (Wildman–Crippen LogP) is 4.90. The molecule has 1 saturated carbocycles. The molecule has 0 N–H and O–H groups in total. The van der Waals surface area contributed by atoms with Crippen LogP contribution >= 0.6 is 11.6 Å². The van der Waals surface area contributed by atoms with Crippen molar-refractivity contribution in [3.8, 4) is 34.3 Å². The molecule has 0 aliphatic heterocycles. The fraction of sp³-hybridized carbons (Fsp3) is 0.292. The van der Waals surface area contributed by atoms with Crippen LogP contribution in [0, 0.1) is 28.3 Å². The number of alkyl halides is 2. The van der Waals surface area contributed by atoms with Gasteiger partial charge in [-0.25, -0.2) is 9.37 Å². The van der Waals surface area contributed by atoms with Crippen molar-refractivity contribution >= 4 is 11.6 Å². The largest absolute Gasteiger partial charge is 0.618 e. The quantitative estimate of drug-likeness (QED) is 0.237. The van der Waals surface area contributed by atoms with Crippen LogP contribution in [0.4, 0.5) is 13.2 Å². The summed E-state index contributed by atoms with van der Waals surface area (Å²) in [7, 11) is 1.37. The maximum absolute atomic E-state index is 15.0. The minimum Gasteiger partial charge on any atom is -0.618 e. The Bertz CT molecular complexity index is 1510. The van der Waals surface area contributed by atoms with Crippen LogP contribution in [-0.2, 0) is 0 Å². The van der Waals surface area contributed by atoms with E-state index in [2.05, 4.69) is 15.2 Å². The van der Waals surface area contributed by atoms with Gasteiger partial charge in [0.1, 0.15) is 18.1 Å². The Labute approximate surface area is 213 Å². The van der Waals surface area contributed by atoms with Gasteiger partial charge in [0.15, 0.2) is 17.8 Å². The number of hydrogen-bond donors (Lipinski definition) is 0. The van der Waals surface area contributed by atoms with E-state index in [-0.39, 0.29) is 39.0 Å². The van der Waals surface area contributed by atoms with Crippen LogP contribution in [0.1, 0.15) is 43.1 Å². The molecule has 4 aromatic rings. The maximum atomic E-state index is 15.0. The Morgan fingerprint density at radius 3 is 2.78 bits per heavy atom. The third-order valence-corrected chi connectivity index (χ3v) is 6.57. The molecule has 0 spiro atoms. The van der Waals surface area contributed by atoms with Gasteiger partial charge in [0.05, 0.1) is 47.2 Å². The zero-order valence-corrected chi connectivity index (χ0v) is 20.1. The van der Waals surface area contributed by atoms with Gasteiger partial charge in [-0.1, -0.05) is 24.4 Å². The van der Waals surface area contributed by atoms with Crippen molar-refractivity contribution in [3.05, 3.63) is 70.4 Å². The zero-order chi connectivity index (χ0) is 26.3. The minimum atomic E-state index is -2.88. The number of hydrogen-bond acceptors (Lipinski definition) is 6. The molecule has 1 atom stereocenters. The molecule has 0 amide bonds. The second-order valence-electron chi connectivity index (χ2n) is 8.61. The highest BCUT2D eigenvalue weighted by molar-refractivity contribution is 6.31. The second-order valence-corrected chi connectivity index (χ2v) is 9.02. The van der Waals surface area contributed by atoms with Crippen LogP contribution in [0.5, 0.6) is 5.75 Å². The average molecular weight is 530 g/mol. The van der Waals surface area contributed by atoms with E-state index >= 15 is 0 Å². The molecular weight excluding hydrogens is 511 g/mol. The highest BCUT2D eigenvalue weighted by Gasteiger charge is 2.34. The lowest BCUT2D eigenvalue weighted by atomic mass is 9.98. The van der Waals surface area contributed by atoms with E-state index in [0.717, 1.165) is 25.4 Å². The lowest BCUT2D eigenvalue weighted by Gasteiger charge is -2.19. The van der Waals surface area contributed by atoms with Gasteiger partial charge in [0, 0.05) is 11.8 Å². The van der Waals surface area contributed by atoms with Gasteiger partial charge in [-0.3, -0.25) is 4.68 Å². The summed E-state index contributed by atoms with van der Waals surface area (Å²) in [6, 6.07) is 5.43. The van der Waals surface area contributed by atoms with Crippen LogP contribution in [0.2, 0.25) is 5.02 Å². The lowest BCUT2D eigenvalue weighted by Crippen LogP contribution is -2.36. The van der Waals surface area contributed by atoms with Crippen LogP contribution in [0.25, 0.3) is 22.5 Å². The normalized spacial score (nSPS) is 14.1. The standard InChI is InChI=1S/C24H19ClF3N7O2/c1-37-20-7-19(34(36)11-16(20)21-14(8-29)4-5-17(25)22(21)26)18(6-13-2-3-13)33-10-15(9-31-33)23-30-12-32-35(23)24(27)28/h4-5,7,9-13,18,24H,2-3,6H2,1H3/t18-/m0/s1. The number of aromatic nitrogens is 6. The van der Waals surface area contributed by atoms with E-state index in [1.54, 1.807) is 0 Å².